The van der Waals surface area contributed by atoms with Gasteiger partial charge in [-0.15, -0.1) is 0 Å². The van der Waals surface area contributed by atoms with Crippen molar-refractivity contribution in [2.45, 2.75) is 19.1 Å². The lowest BCUT2D eigenvalue weighted by Gasteiger charge is -2.12. The maximum Gasteiger partial charge on any atom is 0.273 e. The van der Waals surface area contributed by atoms with Crippen LogP contribution < -0.4 is 5.32 Å². The number of hydrogen-bond acceptors (Lipinski definition) is 1. The van der Waals surface area contributed by atoms with Crippen molar-refractivity contribution in [3.63, 3.8) is 0 Å². The lowest BCUT2D eigenvalue weighted by molar-refractivity contribution is 0.0490. The van der Waals surface area contributed by atoms with E-state index in [1.54, 1.807) is 25.2 Å². The van der Waals surface area contributed by atoms with Crippen LogP contribution in [0.4, 0.5) is 13.2 Å². The second-order valence-electron chi connectivity index (χ2n) is 2.97. The van der Waals surface area contributed by atoms with Crippen LogP contribution in [0.25, 0.3) is 0 Å². The maximum absolute atomic E-state index is 13.1. The summed E-state index contributed by atoms with van der Waals surface area (Å²) < 4.78 is 37.3. The molecule has 0 saturated carbocycles. The van der Waals surface area contributed by atoms with Crippen LogP contribution in [0.3, 0.4) is 0 Å². The first kappa shape index (κ1) is 11.0. The van der Waals surface area contributed by atoms with E-state index in [1.807, 2.05) is 0 Å². The standard InChI is InChI=1S/C10H12F3N/c1-14-6-7-4-2-3-5-8(7)9(11)10(12)13/h2-5,9-10,14H,6H2,1H3. The van der Waals surface area contributed by atoms with Gasteiger partial charge in [0.15, 0.2) is 6.17 Å². The number of halogens is 3. The molecule has 0 spiro atoms. The highest BCUT2D eigenvalue weighted by atomic mass is 19.3. The summed E-state index contributed by atoms with van der Waals surface area (Å²) in [6, 6.07) is 6.29. The molecule has 0 aliphatic carbocycles. The fourth-order valence-electron chi connectivity index (χ4n) is 1.29. The lowest BCUT2D eigenvalue weighted by atomic mass is 10.0. The zero-order valence-corrected chi connectivity index (χ0v) is 7.81. The Labute approximate surface area is 80.9 Å². The second kappa shape index (κ2) is 5.00. The van der Waals surface area contributed by atoms with E-state index in [2.05, 4.69) is 5.32 Å². The van der Waals surface area contributed by atoms with Crippen molar-refractivity contribution in [1.82, 2.24) is 5.32 Å². The van der Waals surface area contributed by atoms with E-state index in [0.717, 1.165) is 0 Å². The third-order valence-electron chi connectivity index (χ3n) is 1.94. The van der Waals surface area contributed by atoms with E-state index in [0.29, 0.717) is 12.1 Å². The van der Waals surface area contributed by atoms with Crippen molar-refractivity contribution in [2.75, 3.05) is 7.05 Å². The largest absolute Gasteiger partial charge is 0.316 e. The van der Waals surface area contributed by atoms with Gasteiger partial charge < -0.3 is 5.32 Å². The topological polar surface area (TPSA) is 12.0 Å². The van der Waals surface area contributed by atoms with Gasteiger partial charge in [-0.05, 0) is 18.2 Å². The molecule has 0 radical (unpaired) electrons. The molecule has 14 heavy (non-hydrogen) atoms. The first-order valence-electron chi connectivity index (χ1n) is 4.31. The molecule has 0 aromatic heterocycles. The monoisotopic (exact) mass is 203 g/mol. The van der Waals surface area contributed by atoms with Gasteiger partial charge in [0.2, 0.25) is 0 Å². The molecule has 4 heteroatoms. The Morgan fingerprint density at radius 3 is 2.43 bits per heavy atom. The van der Waals surface area contributed by atoms with Gasteiger partial charge in [0.05, 0.1) is 0 Å². The van der Waals surface area contributed by atoms with Gasteiger partial charge >= 0.3 is 0 Å². The molecule has 0 saturated heterocycles. The summed E-state index contributed by atoms with van der Waals surface area (Å²) in [6.07, 6.45) is -5.16. The Kier molecular flexibility index (Phi) is 3.95. The third-order valence-corrected chi connectivity index (χ3v) is 1.94. The van der Waals surface area contributed by atoms with Crippen molar-refractivity contribution >= 4 is 0 Å². The normalized spacial score (nSPS) is 13.2. The summed E-state index contributed by atoms with van der Waals surface area (Å²) in [7, 11) is 1.69. The van der Waals surface area contributed by atoms with E-state index < -0.39 is 12.6 Å². The van der Waals surface area contributed by atoms with E-state index in [1.165, 1.54) is 6.07 Å². The molecular weight excluding hydrogens is 191 g/mol. The zero-order valence-electron chi connectivity index (χ0n) is 7.81. The SMILES string of the molecule is CNCc1ccccc1C(F)C(F)F. The molecule has 0 aliphatic rings. The van der Waals surface area contributed by atoms with Gasteiger partial charge in [0.1, 0.15) is 0 Å². The number of nitrogens with one attached hydrogen (secondary N) is 1. The minimum Gasteiger partial charge on any atom is -0.316 e. The first-order chi connectivity index (χ1) is 6.66. The highest BCUT2D eigenvalue weighted by Crippen LogP contribution is 2.27. The number of rotatable bonds is 4. The Balaban J connectivity index is 2.94. The molecule has 1 atom stereocenters. The van der Waals surface area contributed by atoms with Crippen molar-refractivity contribution < 1.29 is 13.2 Å². The first-order valence-corrected chi connectivity index (χ1v) is 4.31. The Morgan fingerprint density at radius 2 is 1.86 bits per heavy atom. The van der Waals surface area contributed by atoms with Gasteiger partial charge in [-0.2, -0.15) is 0 Å². The van der Waals surface area contributed by atoms with Crippen LogP contribution in [0.5, 0.6) is 0 Å². The molecule has 1 rings (SSSR count). The summed E-state index contributed by atoms with van der Waals surface area (Å²) in [4.78, 5) is 0. The van der Waals surface area contributed by atoms with Gasteiger partial charge in [-0.3, -0.25) is 0 Å². The van der Waals surface area contributed by atoms with Gasteiger partial charge in [-0.25, -0.2) is 13.2 Å². The van der Waals surface area contributed by atoms with E-state index in [-0.39, 0.29) is 5.56 Å². The molecule has 78 valence electrons. The molecule has 1 nitrogen and oxygen atoms in total. The van der Waals surface area contributed by atoms with E-state index >= 15 is 0 Å². The van der Waals surface area contributed by atoms with E-state index in [4.69, 9.17) is 0 Å². The summed E-state index contributed by atoms with van der Waals surface area (Å²) in [5.74, 6) is 0. The lowest BCUT2D eigenvalue weighted by Crippen LogP contribution is -2.11. The van der Waals surface area contributed by atoms with Crippen molar-refractivity contribution in [3.8, 4) is 0 Å². The molecule has 0 heterocycles. The van der Waals surface area contributed by atoms with Crippen LogP contribution in [-0.4, -0.2) is 13.5 Å². The fourth-order valence-corrected chi connectivity index (χ4v) is 1.29. The molecule has 1 N–H and O–H groups in total. The van der Waals surface area contributed by atoms with Gasteiger partial charge in [-0.1, -0.05) is 24.3 Å². The van der Waals surface area contributed by atoms with Crippen molar-refractivity contribution in [2.24, 2.45) is 0 Å². The average molecular weight is 203 g/mol. The highest BCUT2D eigenvalue weighted by Gasteiger charge is 2.23. The predicted octanol–water partition coefficient (Wildman–Crippen LogP) is 2.68. The number of benzene rings is 1. The predicted molar refractivity (Wildman–Crippen MR) is 49.1 cm³/mol. The van der Waals surface area contributed by atoms with E-state index in [9.17, 15) is 13.2 Å². The molecular formula is C10H12F3N. The van der Waals surface area contributed by atoms with Gasteiger partial charge in [0, 0.05) is 6.54 Å². The van der Waals surface area contributed by atoms with Crippen molar-refractivity contribution in [3.05, 3.63) is 35.4 Å². The summed E-state index contributed by atoms with van der Waals surface area (Å²) in [6.45, 7) is 0.392. The molecule has 0 amide bonds. The van der Waals surface area contributed by atoms with Crippen molar-refractivity contribution in [1.29, 1.82) is 0 Å². The molecule has 0 bridgehead atoms. The van der Waals surface area contributed by atoms with Gasteiger partial charge in [0.25, 0.3) is 6.43 Å². The average Bonchev–Trinajstić information content (AvgIpc) is 2.18. The van der Waals surface area contributed by atoms with Crippen LogP contribution in [0, 0.1) is 0 Å². The van der Waals surface area contributed by atoms with Crippen LogP contribution in [0.1, 0.15) is 17.3 Å². The second-order valence-corrected chi connectivity index (χ2v) is 2.97. The molecule has 1 unspecified atom stereocenters. The summed E-state index contributed by atoms with van der Waals surface area (Å²) >= 11 is 0. The summed E-state index contributed by atoms with van der Waals surface area (Å²) in [5, 5.41) is 2.81. The molecule has 0 aliphatic heterocycles. The number of hydrogen-bond donors (Lipinski definition) is 1. The quantitative estimate of drug-likeness (QED) is 0.793. The third kappa shape index (κ3) is 2.48. The molecule has 1 aromatic carbocycles. The highest BCUT2D eigenvalue weighted by molar-refractivity contribution is 5.29. The van der Waals surface area contributed by atoms with Crippen LogP contribution in [-0.2, 0) is 6.54 Å². The zero-order chi connectivity index (χ0) is 10.6. The maximum atomic E-state index is 13.1. The Morgan fingerprint density at radius 1 is 1.21 bits per heavy atom. The summed E-state index contributed by atoms with van der Waals surface area (Å²) in [5.41, 5.74) is 0.639. The van der Waals surface area contributed by atoms with Crippen LogP contribution >= 0.6 is 0 Å². The Hall–Kier alpha value is -1.03. The smallest absolute Gasteiger partial charge is 0.273 e. The minimum absolute atomic E-state index is 0.0665. The molecule has 1 aromatic rings. The molecule has 0 fully saturated rings. The van der Waals surface area contributed by atoms with Crippen LogP contribution in [0.2, 0.25) is 0 Å². The Bertz CT molecular complexity index is 288. The van der Waals surface area contributed by atoms with Crippen LogP contribution in [0.15, 0.2) is 24.3 Å². The fraction of sp³-hybridized carbons (Fsp3) is 0.400. The minimum atomic E-state index is -2.96. The number of alkyl halides is 3.